The number of rotatable bonds is 4. The van der Waals surface area contributed by atoms with Gasteiger partial charge in [-0.05, 0) is 38.0 Å². The molecule has 1 aliphatic rings. The van der Waals surface area contributed by atoms with Crippen molar-refractivity contribution in [3.63, 3.8) is 0 Å². The number of aromatic nitrogens is 4. The molecular formula is C23H21FN6O3. The minimum Gasteiger partial charge on any atom is -0.338 e. The van der Waals surface area contributed by atoms with Crippen molar-refractivity contribution in [3.8, 4) is 5.69 Å². The Labute approximate surface area is 188 Å². The second-order valence-corrected chi connectivity index (χ2v) is 8.29. The highest BCUT2D eigenvalue weighted by atomic mass is 19.1. The van der Waals surface area contributed by atoms with Crippen molar-refractivity contribution in [2.24, 2.45) is 0 Å². The minimum absolute atomic E-state index is 0.152. The first-order valence-electron chi connectivity index (χ1n) is 10.5. The largest absolute Gasteiger partial charge is 0.338 e. The number of halogens is 1. The van der Waals surface area contributed by atoms with E-state index in [4.69, 9.17) is 4.52 Å². The van der Waals surface area contributed by atoms with E-state index in [2.05, 4.69) is 20.4 Å². The highest BCUT2D eigenvalue weighted by molar-refractivity contribution is 6.03. The predicted octanol–water partition coefficient (Wildman–Crippen LogP) is 3.63. The number of fused-ring (bicyclic) bond motifs is 1. The van der Waals surface area contributed by atoms with Crippen LogP contribution >= 0.6 is 0 Å². The quantitative estimate of drug-likeness (QED) is 0.511. The van der Waals surface area contributed by atoms with Gasteiger partial charge in [0.25, 0.3) is 11.8 Å². The number of pyridine rings is 2. The van der Waals surface area contributed by atoms with Crippen LogP contribution in [0.3, 0.4) is 0 Å². The monoisotopic (exact) mass is 448 g/mol. The molecule has 0 saturated carbocycles. The van der Waals surface area contributed by atoms with E-state index in [1.54, 1.807) is 40.9 Å². The zero-order chi connectivity index (χ0) is 23.0. The molecule has 4 aromatic heterocycles. The summed E-state index contributed by atoms with van der Waals surface area (Å²) in [6.45, 7) is 2.35. The number of likely N-dealkylation sites (tertiary alicyclic amines) is 1. The Kier molecular flexibility index (Phi) is 5.12. The van der Waals surface area contributed by atoms with Gasteiger partial charge in [-0.2, -0.15) is 0 Å². The minimum atomic E-state index is -1.22. The Hall–Kier alpha value is -4.08. The molecule has 0 unspecified atom stereocenters. The number of carbonyl (C=O) groups is 2. The van der Waals surface area contributed by atoms with E-state index in [1.807, 2.05) is 6.07 Å². The molecule has 5 heterocycles. The summed E-state index contributed by atoms with van der Waals surface area (Å²) in [5.41, 5.74) is 0.838. The van der Waals surface area contributed by atoms with Gasteiger partial charge in [0.05, 0.1) is 29.2 Å². The molecule has 0 aromatic carbocycles. The molecule has 1 N–H and O–H groups in total. The molecule has 0 bridgehead atoms. The van der Waals surface area contributed by atoms with E-state index in [0.29, 0.717) is 48.4 Å². The van der Waals surface area contributed by atoms with Gasteiger partial charge in [-0.25, -0.2) is 9.37 Å². The molecule has 0 aliphatic carbocycles. The Morgan fingerprint density at radius 3 is 2.70 bits per heavy atom. The van der Waals surface area contributed by atoms with Crippen molar-refractivity contribution < 1.29 is 18.5 Å². The Bertz CT molecular complexity index is 1320. The second-order valence-electron chi connectivity index (χ2n) is 8.29. The summed E-state index contributed by atoms with van der Waals surface area (Å²) in [5, 5.41) is 6.93. The molecule has 4 aromatic rings. The normalized spacial score (nSPS) is 15.5. The molecule has 2 amide bonds. The molecule has 168 valence electrons. The van der Waals surface area contributed by atoms with Gasteiger partial charge in [-0.3, -0.25) is 24.5 Å². The fourth-order valence-electron chi connectivity index (χ4n) is 3.86. The number of amides is 2. The van der Waals surface area contributed by atoms with E-state index < -0.39 is 5.67 Å². The fraction of sp³-hybridized carbons (Fsp3) is 0.261. The Balaban J connectivity index is 1.38. The van der Waals surface area contributed by atoms with Gasteiger partial charge in [0.15, 0.2) is 0 Å². The van der Waals surface area contributed by atoms with Crippen LogP contribution in [0.1, 0.15) is 40.5 Å². The summed E-state index contributed by atoms with van der Waals surface area (Å²) in [7, 11) is 0. The smallest absolute Gasteiger partial charge is 0.259 e. The summed E-state index contributed by atoms with van der Waals surface area (Å²) in [4.78, 5) is 35.7. The highest BCUT2D eigenvalue weighted by Crippen LogP contribution is 2.27. The third-order valence-electron chi connectivity index (χ3n) is 5.81. The number of alkyl halides is 1. The van der Waals surface area contributed by atoms with Crippen LogP contribution in [0.5, 0.6) is 0 Å². The zero-order valence-electron chi connectivity index (χ0n) is 17.9. The first-order chi connectivity index (χ1) is 15.9. The lowest BCUT2D eigenvalue weighted by molar-refractivity contribution is 0.0503. The topological polar surface area (TPSA) is 106 Å². The fourth-order valence-corrected chi connectivity index (χ4v) is 3.86. The lowest BCUT2D eigenvalue weighted by Gasteiger charge is -2.34. The Morgan fingerprint density at radius 1 is 1.12 bits per heavy atom. The Morgan fingerprint density at radius 2 is 1.94 bits per heavy atom. The second kappa shape index (κ2) is 8.12. The summed E-state index contributed by atoms with van der Waals surface area (Å²) >= 11 is 0. The third-order valence-corrected chi connectivity index (χ3v) is 5.81. The molecular weight excluding hydrogens is 427 g/mol. The zero-order valence-corrected chi connectivity index (χ0v) is 17.9. The molecule has 9 nitrogen and oxygen atoms in total. The van der Waals surface area contributed by atoms with Crippen LogP contribution in [0, 0.1) is 0 Å². The van der Waals surface area contributed by atoms with Crippen molar-refractivity contribution in [2.75, 3.05) is 18.4 Å². The number of hydrogen-bond donors (Lipinski definition) is 1. The number of nitrogens with one attached hydrogen (secondary N) is 1. The maximum atomic E-state index is 14.1. The van der Waals surface area contributed by atoms with Crippen LogP contribution in [0.4, 0.5) is 10.3 Å². The van der Waals surface area contributed by atoms with E-state index in [9.17, 15) is 14.0 Å². The number of hydrogen-bond acceptors (Lipinski definition) is 6. The molecule has 0 radical (unpaired) electrons. The average molecular weight is 448 g/mol. The third kappa shape index (κ3) is 4.19. The predicted molar refractivity (Wildman–Crippen MR) is 118 cm³/mol. The van der Waals surface area contributed by atoms with Crippen molar-refractivity contribution >= 4 is 28.7 Å². The van der Waals surface area contributed by atoms with Crippen LogP contribution in [-0.4, -0.2) is 55.2 Å². The summed E-state index contributed by atoms with van der Waals surface area (Å²) in [6, 6.07) is 6.84. The molecule has 33 heavy (non-hydrogen) atoms. The highest BCUT2D eigenvalue weighted by Gasteiger charge is 2.32. The lowest BCUT2D eigenvalue weighted by atomic mass is 9.95. The first-order valence-corrected chi connectivity index (χ1v) is 10.5. The number of piperidine rings is 1. The standard InChI is InChI=1S/C23H21FN6O3/c1-23(24)4-8-29(9-5-23)22(32)17-10-15-3-7-30(20(15)26-13-17)18-11-16(12-25-14-18)21(31)28-19-2-6-27-33-19/h2-3,6-7,10-14H,4-5,8-9H2,1H3,(H,28,31). The van der Waals surface area contributed by atoms with E-state index >= 15 is 0 Å². The molecule has 0 spiro atoms. The van der Waals surface area contributed by atoms with Crippen LogP contribution in [-0.2, 0) is 0 Å². The number of anilines is 1. The maximum Gasteiger partial charge on any atom is 0.259 e. The van der Waals surface area contributed by atoms with Gasteiger partial charge in [-0.15, -0.1) is 0 Å². The summed E-state index contributed by atoms with van der Waals surface area (Å²) < 4.78 is 20.8. The van der Waals surface area contributed by atoms with Crippen molar-refractivity contribution in [3.05, 3.63) is 66.4 Å². The molecule has 0 atom stereocenters. The van der Waals surface area contributed by atoms with E-state index in [-0.39, 0.29) is 17.7 Å². The van der Waals surface area contributed by atoms with Gasteiger partial charge in [0, 0.05) is 43.1 Å². The average Bonchev–Trinajstić information content (AvgIpc) is 3.48. The SMILES string of the molecule is CC1(F)CCN(C(=O)c2cnc3c(ccn3-c3cncc(C(=O)Nc4ccno4)c3)c2)CC1. The molecule has 1 saturated heterocycles. The van der Waals surface area contributed by atoms with Crippen LogP contribution in [0.25, 0.3) is 16.7 Å². The van der Waals surface area contributed by atoms with E-state index in [1.165, 1.54) is 24.7 Å². The summed E-state index contributed by atoms with van der Waals surface area (Å²) in [5.74, 6) is -0.301. The van der Waals surface area contributed by atoms with E-state index in [0.717, 1.165) is 5.39 Å². The van der Waals surface area contributed by atoms with Gasteiger partial charge in [-0.1, -0.05) is 5.16 Å². The molecule has 10 heteroatoms. The van der Waals surface area contributed by atoms with Crippen LogP contribution in [0.15, 0.2) is 59.8 Å². The molecule has 1 aliphatic heterocycles. The van der Waals surface area contributed by atoms with Gasteiger partial charge in [0.2, 0.25) is 5.88 Å². The van der Waals surface area contributed by atoms with Crippen LogP contribution < -0.4 is 5.32 Å². The van der Waals surface area contributed by atoms with Gasteiger partial charge >= 0.3 is 0 Å². The summed E-state index contributed by atoms with van der Waals surface area (Å²) in [6.07, 6.45) is 8.49. The molecule has 1 fully saturated rings. The lowest BCUT2D eigenvalue weighted by Crippen LogP contribution is -2.43. The van der Waals surface area contributed by atoms with Crippen molar-refractivity contribution in [2.45, 2.75) is 25.4 Å². The van der Waals surface area contributed by atoms with Gasteiger partial charge < -0.3 is 9.42 Å². The molecule has 5 rings (SSSR count). The number of nitrogens with zero attached hydrogens (tertiary/aromatic N) is 5. The number of carbonyl (C=O) groups excluding carboxylic acids is 2. The first kappa shape index (κ1) is 20.8. The van der Waals surface area contributed by atoms with Crippen molar-refractivity contribution in [1.29, 1.82) is 0 Å². The van der Waals surface area contributed by atoms with Gasteiger partial charge in [0.1, 0.15) is 11.3 Å². The van der Waals surface area contributed by atoms with Crippen molar-refractivity contribution in [1.82, 2.24) is 24.6 Å². The van der Waals surface area contributed by atoms with Crippen LogP contribution in [0.2, 0.25) is 0 Å². The maximum absolute atomic E-state index is 14.1.